The van der Waals surface area contributed by atoms with Crippen LogP contribution in [0.1, 0.15) is 42.5 Å². The molecule has 2 aliphatic carbocycles. The van der Waals surface area contributed by atoms with Crippen LogP contribution < -0.4 is 0 Å². The minimum absolute atomic E-state index is 0.711. The fourth-order valence-electron chi connectivity index (χ4n) is 4.54. The van der Waals surface area contributed by atoms with Gasteiger partial charge in [0.05, 0.1) is 8.07 Å². The van der Waals surface area contributed by atoms with Crippen molar-refractivity contribution in [3.8, 4) is 0 Å². The van der Waals surface area contributed by atoms with Gasteiger partial charge in [-0.1, -0.05) is 23.9 Å². The van der Waals surface area contributed by atoms with Crippen LogP contribution in [-0.4, -0.2) is 8.07 Å². The van der Waals surface area contributed by atoms with E-state index >= 15 is 0 Å². The number of rotatable bonds is 0. The summed E-state index contributed by atoms with van der Waals surface area (Å²) in [6, 6.07) is 11.0. The molecule has 1 aromatic carbocycles. The first-order chi connectivity index (χ1) is 10.9. The molecule has 23 heavy (non-hydrogen) atoms. The normalized spacial score (nSPS) is 24.7. The van der Waals surface area contributed by atoms with Crippen LogP contribution in [0.2, 0.25) is 13.1 Å². The van der Waals surface area contributed by atoms with Gasteiger partial charge in [-0.3, -0.25) is 0 Å². The first-order valence-electron chi connectivity index (χ1n) is 8.21. The van der Waals surface area contributed by atoms with Crippen LogP contribution in [0.25, 0.3) is 11.3 Å². The Labute approximate surface area is 159 Å². The van der Waals surface area contributed by atoms with Gasteiger partial charge in [0, 0.05) is 15.3 Å². The molecular formula is C20H21SSiZr. The van der Waals surface area contributed by atoms with Crippen LogP contribution in [-0.2, 0) is 24.7 Å². The summed E-state index contributed by atoms with van der Waals surface area (Å²) in [6.45, 7) is 9.59. The number of allylic oxidation sites excluding steroid dienone is 2. The van der Waals surface area contributed by atoms with Gasteiger partial charge < -0.3 is 0 Å². The fourth-order valence-corrected chi connectivity index (χ4v) is 11.8. The Morgan fingerprint density at radius 1 is 1.13 bits per heavy atom. The Bertz CT molecular complexity index is 856. The maximum atomic E-state index is 2.52. The molecule has 0 fully saturated rings. The summed E-state index contributed by atoms with van der Waals surface area (Å²) < 4.78 is 0.711. The van der Waals surface area contributed by atoms with E-state index in [0.717, 1.165) is 5.54 Å². The van der Waals surface area contributed by atoms with Gasteiger partial charge in [-0.05, 0) is 25.5 Å². The van der Waals surface area contributed by atoms with Gasteiger partial charge in [0.1, 0.15) is 0 Å². The van der Waals surface area contributed by atoms with Gasteiger partial charge in [-0.25, -0.2) is 0 Å². The van der Waals surface area contributed by atoms with Crippen molar-refractivity contribution in [2.24, 2.45) is 0 Å². The number of fused-ring (bicyclic) bond motifs is 1. The quantitative estimate of drug-likeness (QED) is 0.463. The van der Waals surface area contributed by atoms with Gasteiger partial charge in [0.25, 0.3) is 0 Å². The van der Waals surface area contributed by atoms with Crippen molar-refractivity contribution in [1.82, 2.24) is 0 Å². The minimum atomic E-state index is -0.995. The molecule has 0 N–H and O–H groups in total. The van der Waals surface area contributed by atoms with Crippen molar-refractivity contribution in [3.63, 3.8) is 0 Å². The molecule has 0 saturated heterocycles. The molecule has 0 radical (unpaired) electrons. The van der Waals surface area contributed by atoms with Crippen molar-refractivity contribution in [1.29, 1.82) is 0 Å². The molecule has 3 heteroatoms. The van der Waals surface area contributed by atoms with Gasteiger partial charge >= 0.3 is 75.9 Å². The Kier molecular flexibility index (Phi) is 3.83. The van der Waals surface area contributed by atoms with E-state index in [2.05, 4.69) is 69.4 Å². The molecule has 2 aliphatic heterocycles. The van der Waals surface area contributed by atoms with E-state index in [9.17, 15) is 0 Å². The molecule has 3 heterocycles. The van der Waals surface area contributed by atoms with Crippen LogP contribution in [0.15, 0.2) is 42.0 Å². The molecule has 0 saturated carbocycles. The molecular weight excluding hydrogens is 392 g/mol. The summed E-state index contributed by atoms with van der Waals surface area (Å²) in [7, 11) is -0.995. The molecule has 2 bridgehead atoms. The van der Waals surface area contributed by atoms with Crippen molar-refractivity contribution in [2.45, 2.75) is 36.1 Å². The Hall–Kier alpha value is -0.500. The zero-order valence-corrected chi connectivity index (χ0v) is 18.4. The Balaban J connectivity index is 0.000000122. The average molecular weight is 413 g/mol. The average Bonchev–Trinajstić information content (AvgIpc) is 3.16. The summed E-state index contributed by atoms with van der Waals surface area (Å²) in [6.07, 6.45) is 4.50. The maximum absolute atomic E-state index is 2.52. The summed E-state index contributed by atoms with van der Waals surface area (Å²) in [5.74, 6) is 0. The van der Waals surface area contributed by atoms with E-state index in [1.165, 1.54) is 16.0 Å². The summed E-state index contributed by atoms with van der Waals surface area (Å²) >= 11 is 3.61. The van der Waals surface area contributed by atoms with Crippen molar-refractivity contribution < 1.29 is 24.7 Å². The topological polar surface area (TPSA) is 0 Å². The van der Waals surface area contributed by atoms with Gasteiger partial charge in [-0.15, -0.1) is 11.3 Å². The van der Waals surface area contributed by atoms with E-state index in [1.54, 1.807) is 45.9 Å². The predicted molar refractivity (Wildman–Crippen MR) is 100 cm³/mol. The molecule has 0 spiro atoms. The van der Waals surface area contributed by atoms with Crippen LogP contribution >= 0.6 is 11.3 Å². The molecule has 4 aliphatic rings. The van der Waals surface area contributed by atoms with Crippen LogP contribution in [0.5, 0.6) is 0 Å². The standard InChI is InChI=1S/C11H14SSi.C9H7.Zr/c1-6-5-8-9(12-6)11-7(2)10(8)13(11,3)4;1-2-5-9-7-3-6-8(9)4-1;/h5,11H,1-4H3;1-7H;. The molecule has 2 aromatic rings. The molecule has 2 unspecified atom stereocenters. The van der Waals surface area contributed by atoms with Gasteiger partial charge in [-0.2, -0.15) is 0 Å². The fraction of sp³-hybridized carbons (Fsp3) is 0.300. The van der Waals surface area contributed by atoms with Crippen LogP contribution in [0, 0.1) is 6.92 Å². The summed E-state index contributed by atoms with van der Waals surface area (Å²) in [5, 5.41) is 1.77. The number of thiophene rings is 1. The third-order valence-electron chi connectivity index (χ3n) is 5.41. The second-order valence-corrected chi connectivity index (χ2v) is 14.7. The number of benzene rings is 1. The predicted octanol–water partition coefficient (Wildman–Crippen LogP) is 6.03. The monoisotopic (exact) mass is 411 g/mol. The Morgan fingerprint density at radius 2 is 1.87 bits per heavy atom. The molecule has 115 valence electrons. The molecule has 2 atom stereocenters. The summed E-state index contributed by atoms with van der Waals surface area (Å²) in [4.78, 5) is 3.19. The van der Waals surface area contributed by atoms with Crippen LogP contribution in [0.4, 0.5) is 0 Å². The van der Waals surface area contributed by atoms with Crippen LogP contribution in [0.3, 0.4) is 0 Å². The van der Waals surface area contributed by atoms with Crippen molar-refractivity contribution in [2.75, 3.05) is 0 Å². The summed E-state index contributed by atoms with van der Waals surface area (Å²) in [5.41, 5.74) is 7.11. The van der Waals surface area contributed by atoms with E-state index in [1.807, 2.05) is 11.3 Å². The van der Waals surface area contributed by atoms with Gasteiger partial charge in [0.2, 0.25) is 0 Å². The third kappa shape index (κ3) is 2.31. The molecule has 0 nitrogen and oxygen atoms in total. The first-order valence-corrected chi connectivity index (χ1v) is 13.5. The zero-order chi connectivity index (χ0) is 16.4. The number of hydrogen-bond donors (Lipinski definition) is 0. The Morgan fingerprint density at radius 3 is 2.52 bits per heavy atom. The van der Waals surface area contributed by atoms with E-state index < -0.39 is 8.07 Å². The SMILES string of the molecule is CC1=C2c3cc(C)sc3C1[Si]2(C)C.[Zr][CH]1C=Cc2ccccc21. The van der Waals surface area contributed by atoms with E-state index in [4.69, 9.17) is 0 Å². The molecule has 1 aromatic heterocycles. The van der Waals surface area contributed by atoms with Gasteiger partial charge in [0.15, 0.2) is 0 Å². The first kappa shape index (κ1) is 16.0. The molecule has 0 amide bonds. The van der Waals surface area contributed by atoms with Crippen molar-refractivity contribution >= 4 is 30.7 Å². The number of aryl methyl sites for hydroxylation is 1. The van der Waals surface area contributed by atoms with Crippen molar-refractivity contribution in [3.05, 3.63) is 68.4 Å². The van der Waals surface area contributed by atoms with E-state index in [0.29, 0.717) is 3.63 Å². The number of hydrogen-bond acceptors (Lipinski definition) is 1. The second-order valence-electron chi connectivity index (χ2n) is 7.31. The second kappa shape index (κ2) is 5.51. The van der Waals surface area contributed by atoms with E-state index in [-0.39, 0.29) is 0 Å². The zero-order valence-electron chi connectivity index (χ0n) is 14.1. The molecule has 6 rings (SSSR count). The third-order valence-corrected chi connectivity index (χ3v) is 12.1.